The molecule has 0 spiro atoms. The lowest BCUT2D eigenvalue weighted by Crippen LogP contribution is -2.59. The zero-order valence-corrected chi connectivity index (χ0v) is 14.5. The van der Waals surface area contributed by atoms with E-state index in [-0.39, 0.29) is 11.1 Å². The van der Waals surface area contributed by atoms with E-state index in [1.165, 1.54) is 45.0 Å². The first-order chi connectivity index (χ1) is 12.0. The molecule has 1 aromatic heterocycles. The molecule has 2 bridgehead atoms. The molecule has 132 valence electrons. The van der Waals surface area contributed by atoms with Gasteiger partial charge in [-0.2, -0.15) is 0 Å². The highest BCUT2D eigenvalue weighted by molar-refractivity contribution is 5.61. The quantitative estimate of drug-likeness (QED) is 0.923. The van der Waals surface area contributed by atoms with E-state index in [9.17, 15) is 8.78 Å². The van der Waals surface area contributed by atoms with E-state index >= 15 is 0 Å². The average Bonchev–Trinajstić information content (AvgIpc) is 2.62. The molecule has 2 atom stereocenters. The molecular formula is C19H22F2N4. The molecule has 3 aliphatic rings. The van der Waals surface area contributed by atoms with Crippen LogP contribution in [-0.2, 0) is 0 Å². The molecule has 1 N–H and O–H groups in total. The predicted molar refractivity (Wildman–Crippen MR) is 93.3 cm³/mol. The SMILES string of the molecule is Cc1cc(F)c(-c2ccc(N[C@@H]3C4CCN(CC4)[C@@H]3C)nn2)cc1F. The van der Waals surface area contributed by atoms with Gasteiger partial charge in [0.25, 0.3) is 0 Å². The van der Waals surface area contributed by atoms with Crippen LogP contribution in [-0.4, -0.2) is 40.3 Å². The molecule has 1 aromatic carbocycles. The van der Waals surface area contributed by atoms with Crippen molar-refractivity contribution in [3.63, 3.8) is 0 Å². The van der Waals surface area contributed by atoms with Crippen LogP contribution in [0.3, 0.4) is 0 Å². The molecule has 0 unspecified atom stereocenters. The number of aryl methyl sites for hydroxylation is 1. The van der Waals surface area contributed by atoms with Crippen molar-refractivity contribution in [3.8, 4) is 11.3 Å². The van der Waals surface area contributed by atoms with E-state index in [4.69, 9.17) is 0 Å². The second kappa shape index (κ2) is 6.33. The predicted octanol–water partition coefficient (Wildman–Crippen LogP) is 3.62. The Kier molecular flexibility index (Phi) is 4.15. The Morgan fingerprint density at radius 3 is 2.48 bits per heavy atom. The van der Waals surface area contributed by atoms with Gasteiger partial charge in [-0.1, -0.05) is 0 Å². The monoisotopic (exact) mass is 344 g/mol. The number of anilines is 1. The zero-order valence-electron chi connectivity index (χ0n) is 14.5. The van der Waals surface area contributed by atoms with Gasteiger partial charge in [0.05, 0.1) is 5.69 Å². The second-order valence-electron chi connectivity index (χ2n) is 7.17. The van der Waals surface area contributed by atoms with Crippen molar-refractivity contribution < 1.29 is 8.78 Å². The molecule has 2 aromatic rings. The summed E-state index contributed by atoms with van der Waals surface area (Å²) >= 11 is 0. The third-order valence-electron chi connectivity index (χ3n) is 5.68. The summed E-state index contributed by atoms with van der Waals surface area (Å²) in [5.74, 6) is 0.411. The topological polar surface area (TPSA) is 41.0 Å². The van der Waals surface area contributed by atoms with E-state index in [2.05, 4.69) is 27.3 Å². The third kappa shape index (κ3) is 2.99. The van der Waals surface area contributed by atoms with Gasteiger partial charge >= 0.3 is 0 Å². The first-order valence-corrected chi connectivity index (χ1v) is 8.83. The molecule has 0 amide bonds. The van der Waals surface area contributed by atoms with Crippen molar-refractivity contribution in [2.75, 3.05) is 18.4 Å². The number of hydrogen-bond acceptors (Lipinski definition) is 4. The Balaban J connectivity index is 1.54. The van der Waals surface area contributed by atoms with E-state index in [1.54, 1.807) is 12.1 Å². The van der Waals surface area contributed by atoms with Crippen molar-refractivity contribution in [1.29, 1.82) is 0 Å². The average molecular weight is 344 g/mol. The molecule has 6 heteroatoms. The Hall–Kier alpha value is -2.08. The number of nitrogens with zero attached hydrogens (tertiary/aromatic N) is 3. The summed E-state index contributed by atoms with van der Waals surface area (Å²) in [6.07, 6.45) is 2.42. The van der Waals surface area contributed by atoms with Gasteiger partial charge in [0, 0.05) is 17.6 Å². The number of piperidine rings is 3. The first kappa shape index (κ1) is 16.4. The molecule has 0 saturated carbocycles. The third-order valence-corrected chi connectivity index (χ3v) is 5.68. The van der Waals surface area contributed by atoms with Crippen LogP contribution in [0.2, 0.25) is 0 Å². The minimum atomic E-state index is -0.486. The normalized spacial score (nSPS) is 28.2. The van der Waals surface area contributed by atoms with Gasteiger partial charge in [0.1, 0.15) is 17.5 Å². The standard InChI is InChI=1S/C19H22F2N4/c1-11-9-16(21)14(10-15(11)20)17-3-4-18(24-23-17)22-19-12(2)25-7-5-13(19)6-8-25/h3-4,9-10,12-13,19H,5-8H2,1-2H3,(H,22,24)/t12-,19+/m1/s1. The van der Waals surface area contributed by atoms with Gasteiger partial charge in [-0.25, -0.2) is 8.78 Å². The molecular weight excluding hydrogens is 322 g/mol. The number of aromatic nitrogens is 2. The maximum Gasteiger partial charge on any atom is 0.148 e. The van der Waals surface area contributed by atoms with Crippen LogP contribution in [0.5, 0.6) is 0 Å². The summed E-state index contributed by atoms with van der Waals surface area (Å²) in [5.41, 5.74) is 0.756. The molecule has 4 heterocycles. The molecule has 0 aliphatic carbocycles. The number of benzene rings is 1. The second-order valence-corrected chi connectivity index (χ2v) is 7.17. The molecule has 4 nitrogen and oxygen atoms in total. The highest BCUT2D eigenvalue weighted by Gasteiger charge is 2.39. The van der Waals surface area contributed by atoms with Crippen molar-refractivity contribution in [2.24, 2.45) is 5.92 Å². The fourth-order valence-electron chi connectivity index (χ4n) is 4.11. The maximum atomic E-state index is 14.1. The summed E-state index contributed by atoms with van der Waals surface area (Å²) in [4.78, 5) is 2.50. The lowest BCUT2D eigenvalue weighted by Gasteiger charge is -2.50. The summed E-state index contributed by atoms with van der Waals surface area (Å²) in [5, 5.41) is 11.8. The summed E-state index contributed by atoms with van der Waals surface area (Å²) in [6.45, 7) is 6.13. The lowest BCUT2D eigenvalue weighted by molar-refractivity contribution is 0.0457. The van der Waals surface area contributed by atoms with E-state index < -0.39 is 11.6 Å². The van der Waals surface area contributed by atoms with Gasteiger partial charge in [0.2, 0.25) is 0 Å². The lowest BCUT2D eigenvalue weighted by atomic mass is 9.79. The highest BCUT2D eigenvalue weighted by Crippen LogP contribution is 2.34. The Morgan fingerprint density at radius 2 is 1.84 bits per heavy atom. The van der Waals surface area contributed by atoms with Crippen LogP contribution in [0.4, 0.5) is 14.6 Å². The first-order valence-electron chi connectivity index (χ1n) is 8.83. The van der Waals surface area contributed by atoms with Gasteiger partial charge < -0.3 is 5.32 Å². The molecule has 0 radical (unpaired) electrons. The van der Waals surface area contributed by atoms with Gasteiger partial charge in [-0.3, -0.25) is 4.90 Å². The van der Waals surface area contributed by atoms with E-state index in [0.29, 0.717) is 29.5 Å². The van der Waals surface area contributed by atoms with Crippen LogP contribution in [0.25, 0.3) is 11.3 Å². The Bertz CT molecular complexity index is 768. The van der Waals surface area contributed by atoms with Crippen LogP contribution < -0.4 is 5.32 Å². The highest BCUT2D eigenvalue weighted by atomic mass is 19.1. The number of nitrogens with one attached hydrogen (secondary N) is 1. The number of rotatable bonds is 3. The number of hydrogen-bond donors (Lipinski definition) is 1. The molecule has 3 saturated heterocycles. The molecule has 3 aliphatic heterocycles. The fourth-order valence-corrected chi connectivity index (χ4v) is 4.11. The van der Waals surface area contributed by atoms with Crippen molar-refractivity contribution in [1.82, 2.24) is 15.1 Å². The smallest absolute Gasteiger partial charge is 0.148 e. The van der Waals surface area contributed by atoms with E-state index in [1.807, 2.05) is 0 Å². The van der Waals surface area contributed by atoms with Gasteiger partial charge in [-0.05, 0) is 75.5 Å². The largest absolute Gasteiger partial charge is 0.364 e. The summed E-state index contributed by atoms with van der Waals surface area (Å²) in [6, 6.07) is 6.68. The minimum absolute atomic E-state index is 0.137. The van der Waals surface area contributed by atoms with Crippen LogP contribution >= 0.6 is 0 Å². The Labute approximate surface area is 146 Å². The van der Waals surface area contributed by atoms with Crippen LogP contribution in [0.15, 0.2) is 24.3 Å². The zero-order chi connectivity index (χ0) is 17.6. The van der Waals surface area contributed by atoms with Crippen LogP contribution in [0.1, 0.15) is 25.3 Å². The summed E-state index contributed by atoms with van der Waals surface area (Å²) < 4.78 is 27.8. The molecule has 3 fully saturated rings. The fraction of sp³-hybridized carbons (Fsp3) is 0.474. The number of halogens is 2. The van der Waals surface area contributed by atoms with Crippen molar-refractivity contribution >= 4 is 5.82 Å². The minimum Gasteiger partial charge on any atom is -0.364 e. The molecule has 5 rings (SSSR count). The summed E-state index contributed by atoms with van der Waals surface area (Å²) in [7, 11) is 0. The maximum absolute atomic E-state index is 14.1. The number of fused-ring (bicyclic) bond motifs is 3. The Morgan fingerprint density at radius 1 is 1.08 bits per heavy atom. The molecule has 25 heavy (non-hydrogen) atoms. The van der Waals surface area contributed by atoms with Gasteiger partial charge in [0.15, 0.2) is 0 Å². The van der Waals surface area contributed by atoms with Crippen molar-refractivity contribution in [2.45, 2.75) is 38.8 Å². The van der Waals surface area contributed by atoms with E-state index in [0.717, 1.165) is 0 Å². The van der Waals surface area contributed by atoms with Gasteiger partial charge in [-0.15, -0.1) is 10.2 Å². The van der Waals surface area contributed by atoms with Crippen molar-refractivity contribution in [3.05, 3.63) is 41.5 Å². The van der Waals surface area contributed by atoms with Crippen LogP contribution in [0, 0.1) is 24.5 Å².